The Labute approximate surface area is 173 Å². The van der Waals surface area contributed by atoms with Crippen LogP contribution in [0.1, 0.15) is 44.2 Å². The standard InChI is InChI=1S/C23H23N3O2S/c1-4-13-28-19-11-9-18(10-12-19)21-24-23-26(25-21)22(27)20(29-23)14-16-5-7-17(8-6-16)15(2)3/h5-12,14-15H,4,13H2,1-3H3/b20-14+. The van der Waals surface area contributed by atoms with Crippen LogP contribution < -0.4 is 14.8 Å². The molecule has 0 saturated carbocycles. The van der Waals surface area contributed by atoms with Gasteiger partial charge in [-0.15, -0.1) is 5.10 Å². The molecule has 29 heavy (non-hydrogen) atoms. The maximum Gasteiger partial charge on any atom is 0.291 e. The normalized spacial score (nSPS) is 12.2. The largest absolute Gasteiger partial charge is 0.494 e. The number of hydrogen-bond acceptors (Lipinski definition) is 5. The monoisotopic (exact) mass is 405 g/mol. The quantitative estimate of drug-likeness (QED) is 0.480. The summed E-state index contributed by atoms with van der Waals surface area (Å²) in [4.78, 5) is 17.9. The predicted octanol–water partition coefficient (Wildman–Crippen LogP) is 4.28. The van der Waals surface area contributed by atoms with E-state index in [1.165, 1.54) is 21.4 Å². The summed E-state index contributed by atoms with van der Waals surface area (Å²) in [5.74, 6) is 1.85. The molecule has 0 amide bonds. The van der Waals surface area contributed by atoms with Gasteiger partial charge in [-0.05, 0) is 53.8 Å². The fraction of sp³-hybridized carbons (Fsp3) is 0.261. The summed E-state index contributed by atoms with van der Waals surface area (Å²) < 4.78 is 7.62. The molecule has 148 valence electrons. The third-order valence-electron chi connectivity index (χ3n) is 4.67. The SMILES string of the molecule is CCCOc1ccc(-c2nc3s/c(=C/c4ccc(C(C)C)cc4)c(=O)n3n2)cc1. The number of fused-ring (bicyclic) bond motifs is 1. The highest BCUT2D eigenvalue weighted by molar-refractivity contribution is 7.15. The average molecular weight is 406 g/mol. The lowest BCUT2D eigenvalue weighted by Gasteiger charge is -2.04. The van der Waals surface area contributed by atoms with E-state index in [1.54, 1.807) is 0 Å². The zero-order valence-electron chi connectivity index (χ0n) is 16.8. The van der Waals surface area contributed by atoms with Crippen molar-refractivity contribution in [2.45, 2.75) is 33.1 Å². The van der Waals surface area contributed by atoms with E-state index >= 15 is 0 Å². The topological polar surface area (TPSA) is 56.5 Å². The fourth-order valence-electron chi connectivity index (χ4n) is 3.00. The molecule has 0 aliphatic carbocycles. The second-order valence-corrected chi connectivity index (χ2v) is 8.25. The first kappa shape index (κ1) is 19.3. The first-order valence-corrected chi connectivity index (χ1v) is 10.6. The third kappa shape index (κ3) is 4.07. The third-order valence-corrected chi connectivity index (χ3v) is 5.63. The van der Waals surface area contributed by atoms with E-state index in [0.717, 1.165) is 23.3 Å². The van der Waals surface area contributed by atoms with Gasteiger partial charge in [-0.3, -0.25) is 4.79 Å². The minimum atomic E-state index is -0.139. The van der Waals surface area contributed by atoms with E-state index in [2.05, 4.69) is 43.0 Å². The van der Waals surface area contributed by atoms with E-state index in [9.17, 15) is 4.79 Å². The maximum atomic E-state index is 12.7. The van der Waals surface area contributed by atoms with Crippen molar-refractivity contribution in [3.63, 3.8) is 0 Å². The molecule has 0 N–H and O–H groups in total. The van der Waals surface area contributed by atoms with Crippen LogP contribution in [0.25, 0.3) is 22.4 Å². The Bertz CT molecular complexity index is 1220. The molecular formula is C23H23N3O2S. The number of rotatable bonds is 6. The Kier molecular flexibility index (Phi) is 5.45. The average Bonchev–Trinajstić information content (AvgIpc) is 3.27. The smallest absolute Gasteiger partial charge is 0.291 e. The van der Waals surface area contributed by atoms with Crippen molar-refractivity contribution >= 4 is 22.4 Å². The Balaban J connectivity index is 1.63. The van der Waals surface area contributed by atoms with Crippen molar-refractivity contribution in [1.29, 1.82) is 0 Å². The minimum absolute atomic E-state index is 0.139. The molecule has 2 heterocycles. The molecule has 6 heteroatoms. The fourth-order valence-corrected chi connectivity index (χ4v) is 3.91. The Hall–Kier alpha value is -2.99. The zero-order chi connectivity index (χ0) is 20.4. The van der Waals surface area contributed by atoms with Crippen LogP contribution in [0.4, 0.5) is 0 Å². The molecule has 0 spiro atoms. The molecule has 0 fully saturated rings. The summed E-state index contributed by atoms with van der Waals surface area (Å²) >= 11 is 1.36. The van der Waals surface area contributed by atoms with Crippen molar-refractivity contribution in [2.24, 2.45) is 0 Å². The number of hydrogen-bond donors (Lipinski definition) is 0. The van der Waals surface area contributed by atoms with Crippen molar-refractivity contribution in [3.05, 3.63) is 74.5 Å². The molecule has 0 aliphatic rings. The molecule has 0 unspecified atom stereocenters. The van der Waals surface area contributed by atoms with Crippen LogP contribution in [-0.2, 0) is 0 Å². The molecule has 0 saturated heterocycles. The number of ether oxygens (including phenoxy) is 1. The van der Waals surface area contributed by atoms with Gasteiger partial charge in [-0.2, -0.15) is 9.50 Å². The van der Waals surface area contributed by atoms with Gasteiger partial charge in [0.2, 0.25) is 4.96 Å². The van der Waals surface area contributed by atoms with E-state index in [-0.39, 0.29) is 5.56 Å². The van der Waals surface area contributed by atoms with Crippen LogP contribution in [0.2, 0.25) is 0 Å². The zero-order valence-corrected chi connectivity index (χ0v) is 17.6. The van der Waals surface area contributed by atoms with Crippen LogP contribution >= 0.6 is 11.3 Å². The number of nitrogens with zero attached hydrogens (tertiary/aromatic N) is 3. The Morgan fingerprint density at radius 2 is 1.83 bits per heavy atom. The van der Waals surface area contributed by atoms with Crippen molar-refractivity contribution < 1.29 is 4.74 Å². The Morgan fingerprint density at radius 3 is 2.45 bits per heavy atom. The highest BCUT2D eigenvalue weighted by Crippen LogP contribution is 2.20. The summed E-state index contributed by atoms with van der Waals surface area (Å²) in [5, 5.41) is 4.42. The van der Waals surface area contributed by atoms with E-state index in [4.69, 9.17) is 4.74 Å². The minimum Gasteiger partial charge on any atom is -0.494 e. The molecule has 0 atom stereocenters. The first-order valence-electron chi connectivity index (χ1n) is 9.79. The van der Waals surface area contributed by atoms with Crippen LogP contribution in [0.15, 0.2) is 53.3 Å². The summed E-state index contributed by atoms with van der Waals surface area (Å²) in [7, 11) is 0. The summed E-state index contributed by atoms with van der Waals surface area (Å²) in [6, 6.07) is 15.9. The second kappa shape index (κ2) is 8.17. The van der Waals surface area contributed by atoms with Gasteiger partial charge < -0.3 is 4.74 Å². The van der Waals surface area contributed by atoms with Crippen LogP contribution in [-0.4, -0.2) is 21.2 Å². The predicted molar refractivity (Wildman–Crippen MR) is 118 cm³/mol. The summed E-state index contributed by atoms with van der Waals surface area (Å²) in [5.41, 5.74) is 3.00. The lowest BCUT2D eigenvalue weighted by molar-refractivity contribution is 0.317. The van der Waals surface area contributed by atoms with Gasteiger partial charge in [0, 0.05) is 5.56 Å². The van der Waals surface area contributed by atoms with E-state index in [1.807, 2.05) is 42.5 Å². The molecule has 2 aromatic heterocycles. The van der Waals surface area contributed by atoms with Crippen molar-refractivity contribution in [1.82, 2.24) is 14.6 Å². The van der Waals surface area contributed by atoms with Crippen molar-refractivity contribution in [3.8, 4) is 17.1 Å². The number of aromatic nitrogens is 3. The van der Waals surface area contributed by atoms with Gasteiger partial charge in [-0.25, -0.2) is 0 Å². The van der Waals surface area contributed by atoms with Crippen molar-refractivity contribution in [2.75, 3.05) is 6.61 Å². The Morgan fingerprint density at radius 1 is 1.10 bits per heavy atom. The van der Waals surface area contributed by atoms with Gasteiger partial charge in [-0.1, -0.05) is 56.4 Å². The van der Waals surface area contributed by atoms with E-state index in [0.29, 0.717) is 27.8 Å². The molecule has 5 nitrogen and oxygen atoms in total. The highest BCUT2D eigenvalue weighted by atomic mass is 32.1. The number of benzene rings is 2. The lowest BCUT2D eigenvalue weighted by Crippen LogP contribution is -2.23. The van der Waals surface area contributed by atoms with Crippen LogP contribution in [0.3, 0.4) is 0 Å². The van der Waals surface area contributed by atoms with Gasteiger partial charge in [0.15, 0.2) is 5.82 Å². The summed E-state index contributed by atoms with van der Waals surface area (Å²) in [6.45, 7) is 7.09. The van der Waals surface area contributed by atoms with Crippen LogP contribution in [0.5, 0.6) is 5.75 Å². The lowest BCUT2D eigenvalue weighted by atomic mass is 10.0. The molecule has 0 bridgehead atoms. The molecule has 2 aromatic carbocycles. The summed E-state index contributed by atoms with van der Waals surface area (Å²) in [6.07, 6.45) is 2.86. The van der Waals surface area contributed by atoms with Gasteiger partial charge in [0.25, 0.3) is 5.56 Å². The van der Waals surface area contributed by atoms with Gasteiger partial charge >= 0.3 is 0 Å². The second-order valence-electron chi connectivity index (χ2n) is 7.24. The molecule has 4 aromatic rings. The molecule has 0 aliphatic heterocycles. The van der Waals surface area contributed by atoms with Gasteiger partial charge in [0.1, 0.15) is 5.75 Å². The van der Waals surface area contributed by atoms with Gasteiger partial charge in [0.05, 0.1) is 11.1 Å². The molecular weight excluding hydrogens is 382 g/mol. The molecule has 4 rings (SSSR count). The number of thiazole rings is 1. The maximum absolute atomic E-state index is 12.7. The van der Waals surface area contributed by atoms with E-state index < -0.39 is 0 Å². The van der Waals surface area contributed by atoms with Crippen LogP contribution in [0, 0.1) is 0 Å². The first-order chi connectivity index (χ1) is 14.0. The highest BCUT2D eigenvalue weighted by Gasteiger charge is 2.12. The molecule has 0 radical (unpaired) electrons.